The average molecular weight is 430 g/mol. The molecule has 7 heteroatoms. The highest BCUT2D eigenvalue weighted by molar-refractivity contribution is 9.10. The fourth-order valence-corrected chi connectivity index (χ4v) is 3.77. The summed E-state index contributed by atoms with van der Waals surface area (Å²) < 4.78 is 17.9. The molecule has 2 aliphatic rings. The molecule has 0 spiro atoms. The van der Waals surface area contributed by atoms with Gasteiger partial charge in [-0.15, -0.1) is 0 Å². The van der Waals surface area contributed by atoms with Gasteiger partial charge in [0, 0.05) is 29.4 Å². The van der Waals surface area contributed by atoms with Crippen LogP contribution in [0.1, 0.15) is 17.4 Å². The zero-order valence-electron chi connectivity index (χ0n) is 11.3. The largest absolute Gasteiger partial charge is 0.503 e. The van der Waals surface area contributed by atoms with E-state index in [-0.39, 0.29) is 18.1 Å². The Balaban J connectivity index is 2.14. The van der Waals surface area contributed by atoms with E-state index in [4.69, 9.17) is 14.2 Å². The summed E-state index contributed by atoms with van der Waals surface area (Å²) in [5, 5.41) is 20.6. The summed E-state index contributed by atoms with van der Waals surface area (Å²) in [6, 6.07) is 3.53. The Labute approximate surface area is 142 Å². The molecule has 5 nitrogen and oxygen atoms in total. The van der Waals surface area contributed by atoms with E-state index < -0.39 is 6.29 Å². The van der Waals surface area contributed by atoms with Crippen LogP contribution in [0.3, 0.4) is 0 Å². The van der Waals surface area contributed by atoms with Gasteiger partial charge >= 0.3 is 0 Å². The van der Waals surface area contributed by atoms with Gasteiger partial charge in [-0.05, 0) is 44.0 Å². The van der Waals surface area contributed by atoms with E-state index in [2.05, 4.69) is 31.9 Å². The van der Waals surface area contributed by atoms with Gasteiger partial charge < -0.3 is 24.4 Å². The molecule has 2 heterocycles. The standard InChI is InChI=1S/C15H10Br2O5/c1-20-15-6-3-8(17)11(18)13-10(6)9-5(4-21-13)2-7(16)12(19)14(9)22-15/h2-3,15,18-19H,4H2,1H3/t15-/m1/s1. The van der Waals surface area contributed by atoms with Crippen molar-refractivity contribution in [1.29, 1.82) is 0 Å². The molecule has 2 aromatic carbocycles. The number of benzene rings is 2. The van der Waals surface area contributed by atoms with Gasteiger partial charge in [-0.25, -0.2) is 0 Å². The first kappa shape index (κ1) is 14.2. The van der Waals surface area contributed by atoms with Crippen molar-refractivity contribution in [3.63, 3.8) is 0 Å². The van der Waals surface area contributed by atoms with Crippen LogP contribution in [0, 0.1) is 0 Å². The maximum Gasteiger partial charge on any atom is 0.227 e. The first-order chi connectivity index (χ1) is 10.5. The molecule has 114 valence electrons. The third-order valence-corrected chi connectivity index (χ3v) is 5.05. The molecular formula is C15H10Br2O5. The molecule has 0 saturated heterocycles. The lowest BCUT2D eigenvalue weighted by Crippen LogP contribution is -2.20. The van der Waals surface area contributed by atoms with E-state index in [1.165, 1.54) is 7.11 Å². The van der Waals surface area contributed by atoms with Crippen LogP contribution < -0.4 is 9.47 Å². The van der Waals surface area contributed by atoms with Crippen molar-refractivity contribution in [3.05, 3.63) is 32.2 Å². The predicted molar refractivity (Wildman–Crippen MR) is 85.3 cm³/mol. The SMILES string of the molecule is CO[C@@H]1Oc2c(O)c(Br)cc3c2-c2c1cc(Br)c(O)c2OC3. The number of aromatic hydroxyl groups is 2. The highest BCUT2D eigenvalue weighted by Gasteiger charge is 2.38. The Hall–Kier alpha value is -1.44. The van der Waals surface area contributed by atoms with Crippen molar-refractivity contribution in [1.82, 2.24) is 0 Å². The fraction of sp³-hybridized carbons (Fsp3) is 0.200. The van der Waals surface area contributed by atoms with E-state index in [9.17, 15) is 10.2 Å². The highest BCUT2D eigenvalue weighted by Crippen LogP contribution is 2.59. The molecule has 2 aromatic rings. The molecule has 0 saturated carbocycles. The Morgan fingerprint density at radius 3 is 2.50 bits per heavy atom. The van der Waals surface area contributed by atoms with Crippen LogP contribution >= 0.6 is 31.9 Å². The molecule has 0 radical (unpaired) electrons. The minimum atomic E-state index is -0.701. The van der Waals surface area contributed by atoms with E-state index in [0.717, 1.165) is 16.7 Å². The molecule has 2 aliphatic heterocycles. The fourth-order valence-electron chi connectivity index (χ4n) is 2.88. The molecule has 22 heavy (non-hydrogen) atoms. The van der Waals surface area contributed by atoms with Crippen LogP contribution in [0.4, 0.5) is 0 Å². The second-order valence-corrected chi connectivity index (χ2v) is 6.75. The normalized spacial score (nSPS) is 17.5. The summed E-state index contributed by atoms with van der Waals surface area (Å²) in [7, 11) is 1.52. The number of ether oxygens (including phenoxy) is 3. The van der Waals surface area contributed by atoms with E-state index in [0.29, 0.717) is 26.0 Å². The number of hydrogen-bond donors (Lipinski definition) is 2. The van der Waals surface area contributed by atoms with Crippen LogP contribution in [0.2, 0.25) is 0 Å². The molecular weight excluding hydrogens is 420 g/mol. The zero-order valence-corrected chi connectivity index (χ0v) is 14.5. The quantitative estimate of drug-likeness (QED) is 0.710. The smallest absolute Gasteiger partial charge is 0.227 e. The molecule has 0 unspecified atom stereocenters. The van der Waals surface area contributed by atoms with Crippen molar-refractivity contribution >= 4 is 31.9 Å². The lowest BCUT2D eigenvalue weighted by atomic mass is 9.89. The van der Waals surface area contributed by atoms with Crippen molar-refractivity contribution in [2.24, 2.45) is 0 Å². The third kappa shape index (κ3) is 1.73. The first-order valence-electron chi connectivity index (χ1n) is 6.45. The summed E-state index contributed by atoms with van der Waals surface area (Å²) >= 11 is 6.62. The minimum Gasteiger partial charge on any atom is -0.503 e. The third-order valence-electron chi connectivity index (χ3n) is 3.84. The second kappa shape index (κ2) is 4.78. The molecule has 0 aliphatic carbocycles. The van der Waals surface area contributed by atoms with Crippen molar-refractivity contribution < 1.29 is 24.4 Å². The van der Waals surface area contributed by atoms with Crippen LogP contribution in [0.15, 0.2) is 21.1 Å². The summed E-state index contributed by atoms with van der Waals surface area (Å²) in [5.74, 6) is 0.719. The monoisotopic (exact) mass is 428 g/mol. The number of phenols is 2. The van der Waals surface area contributed by atoms with Crippen molar-refractivity contribution in [3.8, 4) is 34.1 Å². The molecule has 1 atom stereocenters. The summed E-state index contributed by atoms with van der Waals surface area (Å²) in [4.78, 5) is 0. The molecule has 0 aromatic heterocycles. The summed E-state index contributed by atoms with van der Waals surface area (Å²) in [6.45, 7) is 0.276. The first-order valence-corrected chi connectivity index (χ1v) is 8.03. The van der Waals surface area contributed by atoms with Crippen LogP contribution in [0.25, 0.3) is 11.1 Å². The summed E-state index contributed by atoms with van der Waals surface area (Å²) in [5.41, 5.74) is 3.02. The van der Waals surface area contributed by atoms with Gasteiger partial charge in [0.25, 0.3) is 0 Å². The number of phenolic OH excluding ortho intramolecular Hbond substituents is 2. The van der Waals surface area contributed by atoms with Crippen molar-refractivity contribution in [2.45, 2.75) is 12.9 Å². The Morgan fingerprint density at radius 2 is 1.77 bits per heavy atom. The Kier molecular flexibility index (Phi) is 3.08. The highest BCUT2D eigenvalue weighted by atomic mass is 79.9. The lowest BCUT2D eigenvalue weighted by molar-refractivity contribution is -0.0596. The van der Waals surface area contributed by atoms with E-state index in [1.54, 1.807) is 12.1 Å². The molecule has 4 rings (SSSR count). The summed E-state index contributed by atoms with van der Waals surface area (Å²) in [6.07, 6.45) is -0.701. The number of halogens is 2. The maximum atomic E-state index is 10.3. The van der Waals surface area contributed by atoms with Gasteiger partial charge in [-0.1, -0.05) is 0 Å². The van der Waals surface area contributed by atoms with Gasteiger partial charge in [0.15, 0.2) is 23.0 Å². The number of methoxy groups -OCH3 is 1. The topological polar surface area (TPSA) is 68.2 Å². The number of rotatable bonds is 1. The lowest BCUT2D eigenvalue weighted by Gasteiger charge is -2.34. The second-order valence-electron chi connectivity index (χ2n) is 5.04. The van der Waals surface area contributed by atoms with Gasteiger partial charge in [0.05, 0.1) is 8.95 Å². The predicted octanol–water partition coefficient (Wildman–Crippen LogP) is 4.22. The van der Waals surface area contributed by atoms with Crippen LogP contribution in [-0.4, -0.2) is 17.3 Å². The molecule has 0 amide bonds. The minimum absolute atomic E-state index is 0.00158. The van der Waals surface area contributed by atoms with E-state index >= 15 is 0 Å². The Bertz CT molecular complexity index is 819. The maximum absolute atomic E-state index is 10.3. The Morgan fingerprint density at radius 1 is 1.09 bits per heavy atom. The average Bonchev–Trinajstić information content (AvgIpc) is 2.51. The van der Waals surface area contributed by atoms with Gasteiger partial charge in [0.2, 0.25) is 6.29 Å². The zero-order chi connectivity index (χ0) is 15.6. The van der Waals surface area contributed by atoms with E-state index in [1.807, 2.05) is 0 Å². The van der Waals surface area contributed by atoms with Gasteiger partial charge in [-0.2, -0.15) is 0 Å². The van der Waals surface area contributed by atoms with Crippen LogP contribution in [0.5, 0.6) is 23.0 Å². The number of hydrogen-bond acceptors (Lipinski definition) is 5. The molecule has 2 N–H and O–H groups in total. The molecule has 0 fully saturated rings. The van der Waals surface area contributed by atoms with Gasteiger partial charge in [0.1, 0.15) is 6.61 Å². The molecule has 0 bridgehead atoms. The van der Waals surface area contributed by atoms with Gasteiger partial charge in [-0.3, -0.25) is 0 Å². The van der Waals surface area contributed by atoms with Crippen LogP contribution in [-0.2, 0) is 11.3 Å². The van der Waals surface area contributed by atoms with Crippen molar-refractivity contribution in [2.75, 3.05) is 7.11 Å².